The first kappa shape index (κ1) is 12.9. The zero-order chi connectivity index (χ0) is 10.1. The maximum absolute atomic E-state index is 9.64. The van der Waals surface area contributed by atoms with Gasteiger partial charge in [0.15, 0.2) is 0 Å². The van der Waals surface area contributed by atoms with Crippen LogP contribution < -0.4 is 0 Å². The van der Waals surface area contributed by atoms with Crippen LogP contribution in [0.25, 0.3) is 0 Å². The SMILES string of the molecule is CCOCCC(O)C(C)CCOC. The molecular formula is C10H22O3. The maximum atomic E-state index is 9.64. The molecule has 1 N–H and O–H groups in total. The van der Waals surface area contributed by atoms with Crippen molar-refractivity contribution < 1.29 is 14.6 Å². The predicted molar refractivity (Wildman–Crippen MR) is 52.8 cm³/mol. The Hall–Kier alpha value is -0.120. The minimum atomic E-state index is -0.262. The molecule has 0 aliphatic rings. The van der Waals surface area contributed by atoms with Crippen LogP contribution in [-0.2, 0) is 9.47 Å². The first-order valence-corrected chi connectivity index (χ1v) is 4.97. The molecule has 0 spiro atoms. The highest BCUT2D eigenvalue weighted by molar-refractivity contribution is 4.63. The van der Waals surface area contributed by atoms with E-state index in [1.165, 1.54) is 0 Å². The third-order valence-electron chi connectivity index (χ3n) is 2.20. The van der Waals surface area contributed by atoms with Gasteiger partial charge in [-0.25, -0.2) is 0 Å². The number of hydrogen-bond acceptors (Lipinski definition) is 3. The molecule has 2 atom stereocenters. The van der Waals surface area contributed by atoms with E-state index in [1.807, 2.05) is 13.8 Å². The summed E-state index contributed by atoms with van der Waals surface area (Å²) < 4.78 is 10.1. The monoisotopic (exact) mass is 190 g/mol. The maximum Gasteiger partial charge on any atom is 0.0588 e. The second-order valence-electron chi connectivity index (χ2n) is 3.31. The third-order valence-corrected chi connectivity index (χ3v) is 2.20. The highest BCUT2D eigenvalue weighted by Gasteiger charge is 2.13. The lowest BCUT2D eigenvalue weighted by Crippen LogP contribution is -2.21. The number of aliphatic hydroxyl groups is 1. The largest absolute Gasteiger partial charge is 0.393 e. The molecule has 0 rings (SSSR count). The molecule has 0 aromatic heterocycles. The summed E-state index contributed by atoms with van der Waals surface area (Å²) in [5.74, 6) is 0.292. The van der Waals surface area contributed by atoms with Crippen LogP contribution in [0.2, 0.25) is 0 Å². The molecular weight excluding hydrogens is 168 g/mol. The van der Waals surface area contributed by atoms with E-state index in [4.69, 9.17) is 9.47 Å². The van der Waals surface area contributed by atoms with Crippen molar-refractivity contribution >= 4 is 0 Å². The van der Waals surface area contributed by atoms with E-state index >= 15 is 0 Å². The van der Waals surface area contributed by atoms with Crippen molar-refractivity contribution in [2.24, 2.45) is 5.92 Å². The second-order valence-corrected chi connectivity index (χ2v) is 3.31. The van der Waals surface area contributed by atoms with Crippen molar-refractivity contribution in [3.8, 4) is 0 Å². The Morgan fingerprint density at radius 2 is 1.92 bits per heavy atom. The molecule has 3 nitrogen and oxygen atoms in total. The van der Waals surface area contributed by atoms with Crippen LogP contribution in [0.15, 0.2) is 0 Å². The number of rotatable bonds is 8. The van der Waals surface area contributed by atoms with Crippen molar-refractivity contribution in [1.29, 1.82) is 0 Å². The Kier molecular flexibility index (Phi) is 8.40. The van der Waals surface area contributed by atoms with Gasteiger partial charge >= 0.3 is 0 Å². The number of ether oxygens (including phenoxy) is 2. The van der Waals surface area contributed by atoms with Crippen LogP contribution in [0.3, 0.4) is 0 Å². The molecule has 3 heteroatoms. The Bertz CT molecular complexity index is 106. The summed E-state index contributed by atoms with van der Waals surface area (Å²) >= 11 is 0. The molecule has 0 aromatic rings. The zero-order valence-corrected chi connectivity index (χ0v) is 8.95. The van der Waals surface area contributed by atoms with Gasteiger partial charge in [0.05, 0.1) is 6.10 Å². The van der Waals surface area contributed by atoms with Crippen LogP contribution in [0, 0.1) is 5.92 Å². The van der Waals surface area contributed by atoms with Crippen LogP contribution in [0.1, 0.15) is 26.7 Å². The van der Waals surface area contributed by atoms with E-state index < -0.39 is 0 Å². The molecule has 0 amide bonds. The number of aliphatic hydroxyl groups excluding tert-OH is 1. The van der Waals surface area contributed by atoms with E-state index in [0.29, 0.717) is 19.1 Å². The quantitative estimate of drug-likeness (QED) is 0.589. The van der Waals surface area contributed by atoms with Crippen molar-refractivity contribution in [1.82, 2.24) is 0 Å². The molecule has 0 bridgehead atoms. The molecule has 0 saturated carbocycles. The molecule has 13 heavy (non-hydrogen) atoms. The van der Waals surface area contributed by atoms with E-state index in [-0.39, 0.29) is 6.10 Å². The number of methoxy groups -OCH3 is 1. The van der Waals surface area contributed by atoms with Gasteiger partial charge in [0.1, 0.15) is 0 Å². The Balaban J connectivity index is 3.38. The normalized spacial score (nSPS) is 15.7. The predicted octanol–water partition coefficient (Wildman–Crippen LogP) is 1.45. The summed E-state index contributed by atoms with van der Waals surface area (Å²) in [7, 11) is 1.68. The Morgan fingerprint density at radius 3 is 2.46 bits per heavy atom. The summed E-state index contributed by atoms with van der Waals surface area (Å²) in [5.41, 5.74) is 0. The molecule has 0 heterocycles. The van der Waals surface area contributed by atoms with Gasteiger partial charge in [0.2, 0.25) is 0 Å². The lowest BCUT2D eigenvalue weighted by atomic mass is 9.99. The molecule has 2 unspecified atom stereocenters. The van der Waals surface area contributed by atoms with Crippen molar-refractivity contribution in [2.45, 2.75) is 32.8 Å². The van der Waals surface area contributed by atoms with Crippen LogP contribution >= 0.6 is 0 Å². The smallest absolute Gasteiger partial charge is 0.0588 e. The van der Waals surface area contributed by atoms with Gasteiger partial charge in [-0.1, -0.05) is 6.92 Å². The highest BCUT2D eigenvalue weighted by atomic mass is 16.5. The molecule has 0 radical (unpaired) electrons. The van der Waals surface area contributed by atoms with Crippen molar-refractivity contribution in [3.63, 3.8) is 0 Å². The van der Waals surface area contributed by atoms with Gasteiger partial charge in [-0.15, -0.1) is 0 Å². The molecule has 0 aromatic carbocycles. The Labute approximate surface area is 81.0 Å². The first-order chi connectivity index (χ1) is 6.22. The van der Waals surface area contributed by atoms with E-state index in [9.17, 15) is 5.11 Å². The molecule has 0 saturated heterocycles. The average molecular weight is 190 g/mol. The lowest BCUT2D eigenvalue weighted by Gasteiger charge is -2.18. The molecule has 0 aliphatic heterocycles. The fourth-order valence-corrected chi connectivity index (χ4v) is 1.13. The molecule has 0 aliphatic carbocycles. The highest BCUT2D eigenvalue weighted by Crippen LogP contribution is 2.11. The second kappa shape index (κ2) is 8.48. The van der Waals surface area contributed by atoms with Crippen LogP contribution in [0.5, 0.6) is 0 Å². The van der Waals surface area contributed by atoms with Gasteiger partial charge in [0, 0.05) is 26.9 Å². The van der Waals surface area contributed by atoms with Gasteiger partial charge < -0.3 is 14.6 Å². The van der Waals surface area contributed by atoms with Crippen LogP contribution in [0.4, 0.5) is 0 Å². The van der Waals surface area contributed by atoms with Crippen molar-refractivity contribution in [3.05, 3.63) is 0 Å². The average Bonchev–Trinajstić information content (AvgIpc) is 2.14. The van der Waals surface area contributed by atoms with E-state index in [0.717, 1.165) is 19.4 Å². The zero-order valence-electron chi connectivity index (χ0n) is 8.95. The van der Waals surface area contributed by atoms with E-state index in [2.05, 4.69) is 0 Å². The summed E-state index contributed by atoms with van der Waals surface area (Å²) in [4.78, 5) is 0. The topological polar surface area (TPSA) is 38.7 Å². The fourth-order valence-electron chi connectivity index (χ4n) is 1.13. The standard InChI is InChI=1S/C10H22O3/c1-4-13-8-6-10(11)9(2)5-7-12-3/h9-11H,4-8H2,1-3H3. The van der Waals surface area contributed by atoms with E-state index in [1.54, 1.807) is 7.11 Å². The lowest BCUT2D eigenvalue weighted by molar-refractivity contribution is 0.0476. The van der Waals surface area contributed by atoms with Gasteiger partial charge in [-0.2, -0.15) is 0 Å². The number of hydrogen-bond donors (Lipinski definition) is 1. The molecule has 0 fully saturated rings. The fraction of sp³-hybridized carbons (Fsp3) is 1.00. The minimum Gasteiger partial charge on any atom is -0.393 e. The Morgan fingerprint density at radius 1 is 1.23 bits per heavy atom. The summed E-state index contributed by atoms with van der Waals surface area (Å²) in [6.07, 6.45) is 1.37. The summed E-state index contributed by atoms with van der Waals surface area (Å²) in [6.45, 7) is 6.08. The minimum absolute atomic E-state index is 0.262. The third kappa shape index (κ3) is 6.99. The summed E-state index contributed by atoms with van der Waals surface area (Å²) in [5, 5.41) is 9.64. The van der Waals surface area contributed by atoms with Crippen LogP contribution in [-0.4, -0.2) is 38.1 Å². The molecule has 80 valence electrons. The van der Waals surface area contributed by atoms with Crippen molar-refractivity contribution in [2.75, 3.05) is 26.9 Å². The van der Waals surface area contributed by atoms with Gasteiger partial charge in [-0.3, -0.25) is 0 Å². The first-order valence-electron chi connectivity index (χ1n) is 4.97. The van der Waals surface area contributed by atoms with Gasteiger partial charge in [0.25, 0.3) is 0 Å². The van der Waals surface area contributed by atoms with Gasteiger partial charge in [-0.05, 0) is 25.7 Å². The summed E-state index contributed by atoms with van der Waals surface area (Å²) in [6, 6.07) is 0.